The third-order valence-corrected chi connectivity index (χ3v) is 4.53. The fraction of sp³-hybridized carbons (Fsp3) is 0.333. The standard InChI is InChI=1S/C21H26N6O/c1-3-26(4-2)19-14-12-18(13-15-19)22-20(28)11-8-16-27-24-21(23-25-27)17-9-6-5-7-10-17/h5-7,9-10,12-15H,3-4,8,11,16H2,1-2H3,(H,22,28). The van der Waals surface area contributed by atoms with Gasteiger partial charge in [0.2, 0.25) is 11.7 Å². The highest BCUT2D eigenvalue weighted by atomic mass is 16.1. The number of aryl methyl sites for hydroxylation is 1. The first-order valence-corrected chi connectivity index (χ1v) is 9.67. The summed E-state index contributed by atoms with van der Waals surface area (Å²) in [5.74, 6) is 0.581. The van der Waals surface area contributed by atoms with Crippen LogP contribution in [0.4, 0.5) is 11.4 Å². The SMILES string of the molecule is CCN(CC)c1ccc(NC(=O)CCCn2nnc(-c3ccccc3)n2)cc1. The maximum absolute atomic E-state index is 12.2. The predicted octanol–water partition coefficient (Wildman–Crippen LogP) is 3.61. The third kappa shape index (κ3) is 5.16. The number of tetrazole rings is 1. The summed E-state index contributed by atoms with van der Waals surface area (Å²) in [6, 6.07) is 17.7. The van der Waals surface area contributed by atoms with Crippen LogP contribution in [0.15, 0.2) is 54.6 Å². The van der Waals surface area contributed by atoms with Gasteiger partial charge in [0.05, 0.1) is 6.54 Å². The van der Waals surface area contributed by atoms with E-state index < -0.39 is 0 Å². The summed E-state index contributed by atoms with van der Waals surface area (Å²) in [4.78, 5) is 16.0. The molecule has 146 valence electrons. The molecule has 0 atom stereocenters. The van der Waals surface area contributed by atoms with Crippen molar-refractivity contribution >= 4 is 17.3 Å². The van der Waals surface area contributed by atoms with Crippen LogP contribution in [-0.4, -0.2) is 39.2 Å². The van der Waals surface area contributed by atoms with Crippen LogP contribution in [0.2, 0.25) is 0 Å². The molecule has 0 spiro atoms. The number of anilines is 2. The van der Waals surface area contributed by atoms with Crippen LogP contribution in [0.3, 0.4) is 0 Å². The van der Waals surface area contributed by atoms with E-state index >= 15 is 0 Å². The number of nitrogens with one attached hydrogen (secondary N) is 1. The predicted molar refractivity (Wildman–Crippen MR) is 111 cm³/mol. The maximum Gasteiger partial charge on any atom is 0.224 e. The van der Waals surface area contributed by atoms with E-state index in [0.29, 0.717) is 25.2 Å². The summed E-state index contributed by atoms with van der Waals surface area (Å²) < 4.78 is 0. The first-order valence-electron chi connectivity index (χ1n) is 9.67. The van der Waals surface area contributed by atoms with Crippen LogP contribution in [0.1, 0.15) is 26.7 Å². The first kappa shape index (κ1) is 19.5. The molecule has 2 aromatic carbocycles. The minimum absolute atomic E-state index is 0.0148. The summed E-state index contributed by atoms with van der Waals surface area (Å²) in [6.45, 7) is 6.74. The summed E-state index contributed by atoms with van der Waals surface area (Å²) >= 11 is 0. The number of nitrogens with zero attached hydrogens (tertiary/aromatic N) is 5. The molecule has 28 heavy (non-hydrogen) atoms. The first-order chi connectivity index (χ1) is 13.7. The van der Waals surface area contributed by atoms with Gasteiger partial charge in [-0.15, -0.1) is 10.2 Å². The average molecular weight is 378 g/mol. The van der Waals surface area contributed by atoms with E-state index in [1.165, 1.54) is 4.80 Å². The molecule has 0 radical (unpaired) electrons. The van der Waals surface area contributed by atoms with E-state index in [4.69, 9.17) is 0 Å². The second-order valence-electron chi connectivity index (χ2n) is 6.45. The van der Waals surface area contributed by atoms with Crippen molar-refractivity contribution in [2.24, 2.45) is 0 Å². The highest BCUT2D eigenvalue weighted by Crippen LogP contribution is 2.18. The lowest BCUT2D eigenvalue weighted by Crippen LogP contribution is -2.21. The van der Waals surface area contributed by atoms with Crippen LogP contribution < -0.4 is 10.2 Å². The van der Waals surface area contributed by atoms with E-state index in [0.717, 1.165) is 30.0 Å². The Morgan fingerprint density at radius 3 is 2.43 bits per heavy atom. The van der Waals surface area contributed by atoms with Crippen molar-refractivity contribution in [3.05, 3.63) is 54.6 Å². The molecule has 1 N–H and O–H groups in total. The molecule has 7 nitrogen and oxygen atoms in total. The number of carbonyl (C=O) groups excluding carboxylic acids is 1. The number of amides is 1. The molecule has 1 amide bonds. The fourth-order valence-electron chi connectivity index (χ4n) is 2.99. The number of hydrogen-bond acceptors (Lipinski definition) is 5. The monoisotopic (exact) mass is 378 g/mol. The molecule has 1 aromatic heterocycles. The van der Waals surface area contributed by atoms with Gasteiger partial charge in [0, 0.05) is 36.4 Å². The van der Waals surface area contributed by atoms with E-state index in [9.17, 15) is 4.79 Å². The van der Waals surface area contributed by atoms with Crippen molar-refractivity contribution in [1.82, 2.24) is 20.2 Å². The van der Waals surface area contributed by atoms with Crippen LogP contribution in [0, 0.1) is 0 Å². The third-order valence-electron chi connectivity index (χ3n) is 4.53. The quantitative estimate of drug-likeness (QED) is 0.616. The van der Waals surface area contributed by atoms with Crippen molar-refractivity contribution in [3.8, 4) is 11.4 Å². The Bertz CT molecular complexity index is 871. The van der Waals surface area contributed by atoms with Crippen molar-refractivity contribution in [1.29, 1.82) is 0 Å². The minimum atomic E-state index is -0.0148. The lowest BCUT2D eigenvalue weighted by Gasteiger charge is -2.21. The topological polar surface area (TPSA) is 75.9 Å². The Labute approximate surface area is 165 Å². The molecule has 0 saturated heterocycles. The molecule has 0 aliphatic heterocycles. The Hall–Kier alpha value is -3.22. The molecule has 0 saturated carbocycles. The molecule has 0 unspecified atom stereocenters. The molecule has 1 heterocycles. The summed E-state index contributed by atoms with van der Waals surface area (Å²) in [5, 5.41) is 15.4. The van der Waals surface area contributed by atoms with Gasteiger partial charge in [0.1, 0.15) is 0 Å². The van der Waals surface area contributed by atoms with Gasteiger partial charge >= 0.3 is 0 Å². The van der Waals surface area contributed by atoms with Gasteiger partial charge in [-0.25, -0.2) is 0 Å². The second kappa shape index (κ2) is 9.64. The Kier molecular flexibility index (Phi) is 6.73. The number of benzene rings is 2. The van der Waals surface area contributed by atoms with Gasteiger partial charge in [0.25, 0.3) is 0 Å². The summed E-state index contributed by atoms with van der Waals surface area (Å²) in [7, 11) is 0. The molecule has 3 aromatic rings. The van der Waals surface area contributed by atoms with Gasteiger partial charge in [0.15, 0.2) is 0 Å². The number of hydrogen-bond donors (Lipinski definition) is 1. The molecular weight excluding hydrogens is 352 g/mol. The van der Waals surface area contributed by atoms with Gasteiger partial charge in [-0.1, -0.05) is 30.3 Å². The number of carbonyl (C=O) groups is 1. The largest absolute Gasteiger partial charge is 0.372 e. The zero-order chi connectivity index (χ0) is 19.8. The lowest BCUT2D eigenvalue weighted by molar-refractivity contribution is -0.116. The second-order valence-corrected chi connectivity index (χ2v) is 6.45. The van der Waals surface area contributed by atoms with Crippen molar-refractivity contribution < 1.29 is 4.79 Å². The van der Waals surface area contributed by atoms with Gasteiger partial charge in [-0.05, 0) is 49.7 Å². The molecule has 0 bridgehead atoms. The molecule has 7 heteroatoms. The molecular formula is C21H26N6O. The van der Waals surface area contributed by atoms with E-state index in [1.807, 2.05) is 54.6 Å². The lowest BCUT2D eigenvalue weighted by atomic mass is 10.2. The Morgan fingerprint density at radius 1 is 1.04 bits per heavy atom. The summed E-state index contributed by atoms with van der Waals surface area (Å²) in [5.41, 5.74) is 2.90. The fourth-order valence-corrected chi connectivity index (χ4v) is 2.99. The smallest absolute Gasteiger partial charge is 0.224 e. The molecule has 3 rings (SSSR count). The van der Waals surface area contributed by atoms with E-state index in [-0.39, 0.29) is 5.91 Å². The van der Waals surface area contributed by atoms with E-state index in [1.54, 1.807) is 0 Å². The number of aromatic nitrogens is 4. The normalized spacial score (nSPS) is 10.6. The Morgan fingerprint density at radius 2 is 1.75 bits per heavy atom. The molecule has 0 fully saturated rings. The van der Waals surface area contributed by atoms with Gasteiger partial charge in [-0.3, -0.25) is 4.79 Å². The van der Waals surface area contributed by atoms with Crippen LogP contribution >= 0.6 is 0 Å². The van der Waals surface area contributed by atoms with Crippen molar-refractivity contribution in [3.63, 3.8) is 0 Å². The van der Waals surface area contributed by atoms with Crippen molar-refractivity contribution in [2.45, 2.75) is 33.2 Å². The summed E-state index contributed by atoms with van der Waals surface area (Å²) in [6.07, 6.45) is 1.05. The van der Waals surface area contributed by atoms with Gasteiger partial charge in [-0.2, -0.15) is 4.80 Å². The zero-order valence-corrected chi connectivity index (χ0v) is 16.4. The highest BCUT2D eigenvalue weighted by Gasteiger charge is 2.07. The average Bonchev–Trinajstić information content (AvgIpc) is 3.20. The zero-order valence-electron chi connectivity index (χ0n) is 16.4. The molecule has 0 aliphatic rings. The minimum Gasteiger partial charge on any atom is -0.372 e. The van der Waals surface area contributed by atoms with Crippen LogP contribution in [0.5, 0.6) is 0 Å². The Balaban J connectivity index is 1.45. The van der Waals surface area contributed by atoms with Crippen molar-refractivity contribution in [2.75, 3.05) is 23.3 Å². The van der Waals surface area contributed by atoms with E-state index in [2.05, 4.69) is 39.5 Å². The highest BCUT2D eigenvalue weighted by molar-refractivity contribution is 5.90. The molecule has 0 aliphatic carbocycles. The number of rotatable bonds is 9. The van der Waals surface area contributed by atoms with Crippen LogP contribution in [-0.2, 0) is 11.3 Å². The maximum atomic E-state index is 12.2. The van der Waals surface area contributed by atoms with Crippen LogP contribution in [0.25, 0.3) is 11.4 Å². The van der Waals surface area contributed by atoms with Gasteiger partial charge < -0.3 is 10.2 Å².